The molecular weight excluding hydrogens is 194 g/mol. The lowest BCUT2D eigenvalue weighted by Gasteiger charge is -2.12. The Morgan fingerprint density at radius 1 is 1.67 bits per heavy atom. The monoisotopic (exact) mass is 211 g/mol. The maximum Gasteiger partial charge on any atom is 0.243 e. The van der Waals surface area contributed by atoms with Crippen LogP contribution in [0.4, 0.5) is 5.88 Å². The van der Waals surface area contributed by atoms with Crippen molar-refractivity contribution in [1.29, 1.82) is 0 Å². The number of nitrogens with zero attached hydrogens (tertiary/aromatic N) is 1. The fourth-order valence-corrected chi connectivity index (χ4v) is 1.25. The summed E-state index contributed by atoms with van der Waals surface area (Å²) in [5.74, 6) is 0.499. The van der Waals surface area contributed by atoms with Gasteiger partial charge in [0.25, 0.3) is 0 Å². The molecule has 0 aliphatic rings. The van der Waals surface area contributed by atoms with Gasteiger partial charge < -0.3 is 10.3 Å². The number of carbonyl (C=O) groups excluding carboxylic acids is 1. The number of aromatic nitrogens is 1. The molecule has 0 saturated carbocycles. The Morgan fingerprint density at radius 3 is 2.80 bits per heavy atom. The normalized spacial score (nSPS) is 12.9. The average molecular weight is 211 g/mol. The van der Waals surface area contributed by atoms with E-state index in [1.165, 1.54) is 0 Å². The summed E-state index contributed by atoms with van der Waals surface area (Å²) < 4.78 is 4.85. The van der Waals surface area contributed by atoms with Gasteiger partial charge in [0.05, 0.1) is 11.7 Å². The third kappa shape index (κ3) is 3.71. The lowest BCUT2D eigenvalue weighted by atomic mass is 10.0. The van der Waals surface area contributed by atoms with Crippen molar-refractivity contribution < 1.29 is 9.32 Å². The SMILES string of the molecule is Cc1cc(NC(=O)[C@H](N)CC(C)C)on1. The molecule has 0 aliphatic heterocycles. The van der Waals surface area contributed by atoms with Gasteiger partial charge in [-0.2, -0.15) is 0 Å². The molecule has 0 spiro atoms. The second-order valence-corrected chi connectivity index (χ2v) is 4.06. The van der Waals surface area contributed by atoms with E-state index in [2.05, 4.69) is 10.5 Å². The number of anilines is 1. The molecule has 84 valence electrons. The van der Waals surface area contributed by atoms with Crippen molar-refractivity contribution in [3.05, 3.63) is 11.8 Å². The van der Waals surface area contributed by atoms with Gasteiger partial charge in [0.15, 0.2) is 0 Å². The summed E-state index contributed by atoms with van der Waals surface area (Å²) in [6.07, 6.45) is 0.652. The van der Waals surface area contributed by atoms with Crippen LogP contribution in [-0.4, -0.2) is 17.1 Å². The van der Waals surface area contributed by atoms with E-state index in [0.29, 0.717) is 18.2 Å². The molecule has 0 aliphatic carbocycles. The van der Waals surface area contributed by atoms with Crippen LogP contribution in [0.15, 0.2) is 10.6 Å². The highest BCUT2D eigenvalue weighted by Gasteiger charge is 2.16. The molecule has 5 nitrogen and oxygen atoms in total. The minimum Gasteiger partial charge on any atom is -0.338 e. The van der Waals surface area contributed by atoms with Gasteiger partial charge in [0.2, 0.25) is 11.8 Å². The standard InChI is InChI=1S/C10H17N3O2/c1-6(2)4-8(11)10(14)12-9-5-7(3)13-15-9/h5-6,8H,4,11H2,1-3H3,(H,12,14)/t8-/m1/s1. The first-order valence-corrected chi connectivity index (χ1v) is 4.98. The van der Waals surface area contributed by atoms with Crippen molar-refractivity contribution in [3.8, 4) is 0 Å². The van der Waals surface area contributed by atoms with E-state index in [-0.39, 0.29) is 5.91 Å². The van der Waals surface area contributed by atoms with E-state index < -0.39 is 6.04 Å². The minimum atomic E-state index is -0.504. The van der Waals surface area contributed by atoms with E-state index in [1.807, 2.05) is 13.8 Å². The summed E-state index contributed by atoms with van der Waals surface area (Å²) >= 11 is 0. The van der Waals surface area contributed by atoms with Crippen molar-refractivity contribution >= 4 is 11.8 Å². The quantitative estimate of drug-likeness (QED) is 0.786. The summed E-state index contributed by atoms with van der Waals surface area (Å²) in [5.41, 5.74) is 6.42. The number of rotatable bonds is 4. The van der Waals surface area contributed by atoms with Crippen LogP contribution in [0.5, 0.6) is 0 Å². The molecule has 0 fully saturated rings. The van der Waals surface area contributed by atoms with Gasteiger partial charge in [0.1, 0.15) is 0 Å². The van der Waals surface area contributed by atoms with E-state index in [9.17, 15) is 4.79 Å². The number of aryl methyl sites for hydroxylation is 1. The fourth-order valence-electron chi connectivity index (χ4n) is 1.25. The number of hydrogen-bond donors (Lipinski definition) is 2. The summed E-state index contributed by atoms with van der Waals surface area (Å²) in [6, 6.07) is 1.15. The van der Waals surface area contributed by atoms with Gasteiger partial charge in [-0.3, -0.25) is 10.1 Å². The van der Waals surface area contributed by atoms with E-state index in [4.69, 9.17) is 10.3 Å². The molecule has 0 bridgehead atoms. The Kier molecular flexibility index (Phi) is 3.85. The Labute approximate surface area is 89.0 Å². The van der Waals surface area contributed by atoms with Crippen LogP contribution in [0.3, 0.4) is 0 Å². The number of carbonyl (C=O) groups is 1. The van der Waals surface area contributed by atoms with Crippen molar-refractivity contribution in [1.82, 2.24) is 5.16 Å². The number of amides is 1. The first kappa shape index (κ1) is 11.7. The highest BCUT2D eigenvalue weighted by Crippen LogP contribution is 2.10. The number of nitrogens with one attached hydrogen (secondary N) is 1. The molecular formula is C10H17N3O2. The van der Waals surface area contributed by atoms with E-state index in [1.54, 1.807) is 13.0 Å². The highest BCUT2D eigenvalue weighted by atomic mass is 16.5. The van der Waals surface area contributed by atoms with Crippen LogP contribution in [0.1, 0.15) is 26.0 Å². The zero-order valence-electron chi connectivity index (χ0n) is 9.28. The molecule has 1 rings (SSSR count). The Bertz CT molecular complexity index is 333. The maximum absolute atomic E-state index is 11.5. The molecule has 3 N–H and O–H groups in total. The average Bonchev–Trinajstić information content (AvgIpc) is 2.50. The number of hydrogen-bond acceptors (Lipinski definition) is 4. The summed E-state index contributed by atoms with van der Waals surface area (Å²) in [5, 5.41) is 6.23. The Morgan fingerprint density at radius 2 is 2.33 bits per heavy atom. The first-order chi connectivity index (χ1) is 6.99. The zero-order chi connectivity index (χ0) is 11.4. The van der Waals surface area contributed by atoms with Gasteiger partial charge in [-0.15, -0.1) is 0 Å². The van der Waals surface area contributed by atoms with Gasteiger partial charge in [-0.05, 0) is 19.3 Å². The van der Waals surface area contributed by atoms with Crippen molar-refractivity contribution in [2.45, 2.75) is 33.2 Å². The smallest absolute Gasteiger partial charge is 0.243 e. The fraction of sp³-hybridized carbons (Fsp3) is 0.600. The molecule has 1 amide bonds. The molecule has 5 heteroatoms. The van der Waals surface area contributed by atoms with Gasteiger partial charge in [-0.25, -0.2) is 0 Å². The largest absolute Gasteiger partial charge is 0.338 e. The van der Waals surface area contributed by atoms with E-state index >= 15 is 0 Å². The highest BCUT2D eigenvalue weighted by molar-refractivity contribution is 5.93. The lowest BCUT2D eigenvalue weighted by molar-refractivity contribution is -0.117. The molecule has 0 radical (unpaired) electrons. The van der Waals surface area contributed by atoms with Crippen LogP contribution in [0.2, 0.25) is 0 Å². The van der Waals surface area contributed by atoms with Crippen LogP contribution in [0, 0.1) is 12.8 Å². The Balaban J connectivity index is 2.48. The number of nitrogens with two attached hydrogens (primary N) is 1. The maximum atomic E-state index is 11.5. The molecule has 15 heavy (non-hydrogen) atoms. The second-order valence-electron chi connectivity index (χ2n) is 4.06. The molecule has 1 aromatic rings. The second kappa shape index (κ2) is 4.93. The van der Waals surface area contributed by atoms with Crippen LogP contribution < -0.4 is 11.1 Å². The topological polar surface area (TPSA) is 81.2 Å². The molecule has 1 aromatic heterocycles. The predicted octanol–water partition coefficient (Wildman–Crippen LogP) is 1.29. The van der Waals surface area contributed by atoms with Crippen LogP contribution in [-0.2, 0) is 4.79 Å². The van der Waals surface area contributed by atoms with Crippen LogP contribution in [0.25, 0.3) is 0 Å². The van der Waals surface area contributed by atoms with Crippen molar-refractivity contribution in [2.75, 3.05) is 5.32 Å². The van der Waals surface area contributed by atoms with Gasteiger partial charge in [-0.1, -0.05) is 19.0 Å². The van der Waals surface area contributed by atoms with Gasteiger partial charge >= 0.3 is 0 Å². The first-order valence-electron chi connectivity index (χ1n) is 4.98. The zero-order valence-corrected chi connectivity index (χ0v) is 9.28. The minimum absolute atomic E-state index is 0.236. The van der Waals surface area contributed by atoms with Gasteiger partial charge in [0, 0.05) is 6.07 Å². The lowest BCUT2D eigenvalue weighted by Crippen LogP contribution is -2.36. The van der Waals surface area contributed by atoms with E-state index in [0.717, 1.165) is 5.69 Å². The van der Waals surface area contributed by atoms with Crippen molar-refractivity contribution in [3.63, 3.8) is 0 Å². The molecule has 0 aromatic carbocycles. The van der Waals surface area contributed by atoms with Crippen LogP contribution >= 0.6 is 0 Å². The molecule has 0 unspecified atom stereocenters. The third-order valence-corrected chi connectivity index (χ3v) is 1.94. The predicted molar refractivity (Wildman–Crippen MR) is 57.3 cm³/mol. The summed E-state index contributed by atoms with van der Waals surface area (Å²) in [6.45, 7) is 5.82. The molecule has 1 heterocycles. The summed E-state index contributed by atoms with van der Waals surface area (Å²) in [7, 11) is 0. The Hall–Kier alpha value is -1.36. The van der Waals surface area contributed by atoms with Crippen molar-refractivity contribution in [2.24, 2.45) is 11.7 Å². The molecule has 1 atom stereocenters. The molecule has 0 saturated heterocycles. The third-order valence-electron chi connectivity index (χ3n) is 1.94. The summed E-state index contributed by atoms with van der Waals surface area (Å²) in [4.78, 5) is 11.5.